The number of hydrogen-bond acceptors (Lipinski definition) is 3. The van der Waals surface area contributed by atoms with Crippen LogP contribution >= 0.6 is 0 Å². The number of H-pyrrole nitrogens is 1. The standard InChI is InChI=1S/C13H18N2O2/c1-15(2)6-7-17-13-9-14-12-5-4-10(16-3)8-11(12)13/h4-5,8-9,14H,6-7H2,1-3H3. The first-order valence-corrected chi connectivity index (χ1v) is 5.63. The van der Waals surface area contributed by atoms with Crippen LogP contribution in [0.4, 0.5) is 0 Å². The minimum absolute atomic E-state index is 0.678. The predicted octanol–water partition coefficient (Wildman–Crippen LogP) is 2.12. The fourth-order valence-electron chi connectivity index (χ4n) is 1.66. The number of nitrogens with one attached hydrogen (secondary N) is 1. The molecule has 0 bridgehead atoms. The third-order valence-electron chi connectivity index (χ3n) is 2.65. The minimum atomic E-state index is 0.678. The van der Waals surface area contributed by atoms with E-state index in [2.05, 4.69) is 9.88 Å². The Bertz CT molecular complexity index is 491. The first kappa shape index (κ1) is 11.8. The molecule has 0 aliphatic heterocycles. The van der Waals surface area contributed by atoms with Crippen molar-refractivity contribution in [3.63, 3.8) is 0 Å². The van der Waals surface area contributed by atoms with Crippen molar-refractivity contribution in [1.29, 1.82) is 0 Å². The lowest BCUT2D eigenvalue weighted by Gasteiger charge is -2.10. The molecule has 17 heavy (non-hydrogen) atoms. The maximum absolute atomic E-state index is 5.74. The van der Waals surface area contributed by atoms with E-state index in [-0.39, 0.29) is 0 Å². The highest BCUT2D eigenvalue weighted by atomic mass is 16.5. The van der Waals surface area contributed by atoms with Gasteiger partial charge in [0, 0.05) is 23.6 Å². The molecule has 0 radical (unpaired) electrons. The molecule has 0 amide bonds. The highest BCUT2D eigenvalue weighted by Crippen LogP contribution is 2.28. The van der Waals surface area contributed by atoms with Gasteiger partial charge in [-0.1, -0.05) is 0 Å². The van der Waals surface area contributed by atoms with Crippen molar-refractivity contribution < 1.29 is 9.47 Å². The zero-order valence-corrected chi connectivity index (χ0v) is 10.5. The molecule has 1 N–H and O–H groups in total. The van der Waals surface area contributed by atoms with Crippen molar-refractivity contribution in [2.24, 2.45) is 0 Å². The summed E-state index contributed by atoms with van der Waals surface area (Å²) in [5, 5.41) is 1.06. The van der Waals surface area contributed by atoms with E-state index in [0.29, 0.717) is 6.61 Å². The molecular formula is C13H18N2O2. The molecule has 0 saturated carbocycles. The first-order chi connectivity index (χ1) is 8.20. The van der Waals surface area contributed by atoms with Gasteiger partial charge in [-0.25, -0.2) is 0 Å². The smallest absolute Gasteiger partial charge is 0.144 e. The van der Waals surface area contributed by atoms with Gasteiger partial charge in [0.15, 0.2) is 0 Å². The lowest BCUT2D eigenvalue weighted by Crippen LogP contribution is -2.19. The molecule has 2 rings (SSSR count). The Morgan fingerprint density at radius 3 is 2.82 bits per heavy atom. The fourth-order valence-corrected chi connectivity index (χ4v) is 1.66. The van der Waals surface area contributed by atoms with Crippen LogP contribution in [0.3, 0.4) is 0 Å². The lowest BCUT2D eigenvalue weighted by molar-refractivity contribution is 0.263. The Kier molecular flexibility index (Phi) is 3.54. The summed E-state index contributed by atoms with van der Waals surface area (Å²) >= 11 is 0. The molecule has 4 heteroatoms. The van der Waals surface area contributed by atoms with Gasteiger partial charge in [-0.05, 0) is 32.3 Å². The number of rotatable bonds is 5. The average Bonchev–Trinajstić information content (AvgIpc) is 2.71. The van der Waals surface area contributed by atoms with Gasteiger partial charge in [-0.3, -0.25) is 0 Å². The van der Waals surface area contributed by atoms with Crippen LogP contribution in [0.5, 0.6) is 11.5 Å². The van der Waals surface area contributed by atoms with Crippen molar-refractivity contribution in [2.75, 3.05) is 34.4 Å². The summed E-state index contributed by atoms with van der Waals surface area (Å²) in [7, 11) is 5.73. The van der Waals surface area contributed by atoms with E-state index in [4.69, 9.17) is 9.47 Å². The monoisotopic (exact) mass is 234 g/mol. The lowest BCUT2D eigenvalue weighted by atomic mass is 10.2. The first-order valence-electron chi connectivity index (χ1n) is 5.63. The summed E-state index contributed by atoms with van der Waals surface area (Å²) in [5.74, 6) is 1.72. The van der Waals surface area contributed by atoms with Gasteiger partial charge in [0.1, 0.15) is 18.1 Å². The van der Waals surface area contributed by atoms with Crippen molar-refractivity contribution in [2.45, 2.75) is 0 Å². The number of aromatic nitrogens is 1. The van der Waals surface area contributed by atoms with E-state index in [0.717, 1.165) is 28.9 Å². The SMILES string of the molecule is COc1ccc2[nH]cc(OCCN(C)C)c2c1. The second-order valence-corrected chi connectivity index (χ2v) is 4.22. The molecule has 0 unspecified atom stereocenters. The summed E-state index contributed by atoms with van der Waals surface area (Å²) in [6, 6.07) is 5.91. The number of hydrogen-bond donors (Lipinski definition) is 1. The van der Waals surface area contributed by atoms with Crippen molar-refractivity contribution >= 4 is 10.9 Å². The van der Waals surface area contributed by atoms with Gasteiger partial charge in [0.2, 0.25) is 0 Å². The largest absolute Gasteiger partial charge is 0.497 e. The Morgan fingerprint density at radius 1 is 1.29 bits per heavy atom. The van der Waals surface area contributed by atoms with Crippen molar-refractivity contribution in [3.8, 4) is 11.5 Å². The maximum Gasteiger partial charge on any atom is 0.144 e. The van der Waals surface area contributed by atoms with Gasteiger partial charge in [-0.2, -0.15) is 0 Å². The zero-order valence-electron chi connectivity index (χ0n) is 10.5. The van der Waals surface area contributed by atoms with Gasteiger partial charge in [-0.15, -0.1) is 0 Å². The summed E-state index contributed by atoms with van der Waals surface area (Å²) in [6.45, 7) is 1.58. The number of likely N-dealkylation sites (N-methyl/N-ethyl adjacent to an activating group) is 1. The van der Waals surface area contributed by atoms with Crippen LogP contribution in [0.25, 0.3) is 10.9 Å². The van der Waals surface area contributed by atoms with E-state index in [1.165, 1.54) is 0 Å². The Balaban J connectivity index is 2.16. The summed E-state index contributed by atoms with van der Waals surface area (Å²) in [6.07, 6.45) is 1.89. The van der Waals surface area contributed by atoms with Crippen LogP contribution in [0.1, 0.15) is 0 Å². The number of ether oxygens (including phenoxy) is 2. The Morgan fingerprint density at radius 2 is 2.12 bits per heavy atom. The normalized spacial score (nSPS) is 11.1. The molecule has 1 aromatic carbocycles. The van der Waals surface area contributed by atoms with Crippen LogP contribution in [-0.4, -0.2) is 44.2 Å². The van der Waals surface area contributed by atoms with E-state index in [1.54, 1.807) is 7.11 Å². The highest BCUT2D eigenvalue weighted by molar-refractivity contribution is 5.87. The fraction of sp³-hybridized carbons (Fsp3) is 0.385. The number of methoxy groups -OCH3 is 1. The topological polar surface area (TPSA) is 37.5 Å². The van der Waals surface area contributed by atoms with Crippen LogP contribution in [0.2, 0.25) is 0 Å². The molecule has 0 atom stereocenters. The van der Waals surface area contributed by atoms with E-state index < -0.39 is 0 Å². The van der Waals surface area contributed by atoms with Gasteiger partial charge < -0.3 is 19.4 Å². The van der Waals surface area contributed by atoms with Gasteiger partial charge >= 0.3 is 0 Å². The number of fused-ring (bicyclic) bond motifs is 1. The quantitative estimate of drug-likeness (QED) is 0.861. The zero-order chi connectivity index (χ0) is 12.3. The molecule has 0 fully saturated rings. The van der Waals surface area contributed by atoms with Gasteiger partial charge in [0.05, 0.1) is 7.11 Å². The third kappa shape index (κ3) is 2.71. The third-order valence-corrected chi connectivity index (χ3v) is 2.65. The van der Waals surface area contributed by atoms with E-state index in [1.807, 2.05) is 38.5 Å². The van der Waals surface area contributed by atoms with Crippen molar-refractivity contribution in [1.82, 2.24) is 9.88 Å². The predicted molar refractivity (Wildman–Crippen MR) is 68.9 cm³/mol. The van der Waals surface area contributed by atoms with Crippen LogP contribution in [0.15, 0.2) is 24.4 Å². The second kappa shape index (κ2) is 5.10. The molecular weight excluding hydrogens is 216 g/mol. The Hall–Kier alpha value is -1.68. The maximum atomic E-state index is 5.74. The van der Waals surface area contributed by atoms with Crippen LogP contribution in [0, 0.1) is 0 Å². The summed E-state index contributed by atoms with van der Waals surface area (Å²) in [4.78, 5) is 5.28. The molecule has 1 aromatic heterocycles. The minimum Gasteiger partial charge on any atom is -0.497 e. The molecule has 2 aromatic rings. The molecule has 0 spiro atoms. The molecule has 0 saturated heterocycles. The van der Waals surface area contributed by atoms with Crippen LogP contribution in [-0.2, 0) is 0 Å². The molecule has 0 aliphatic rings. The summed E-state index contributed by atoms with van der Waals surface area (Å²) < 4.78 is 11.0. The molecule has 0 aliphatic carbocycles. The molecule has 1 heterocycles. The highest BCUT2D eigenvalue weighted by Gasteiger charge is 2.06. The number of benzene rings is 1. The molecule has 92 valence electrons. The average molecular weight is 234 g/mol. The number of nitrogens with zero attached hydrogens (tertiary/aromatic N) is 1. The second-order valence-electron chi connectivity index (χ2n) is 4.22. The number of aromatic amines is 1. The van der Waals surface area contributed by atoms with E-state index in [9.17, 15) is 0 Å². The summed E-state index contributed by atoms with van der Waals surface area (Å²) in [5.41, 5.74) is 1.06. The molecule has 4 nitrogen and oxygen atoms in total. The van der Waals surface area contributed by atoms with E-state index >= 15 is 0 Å². The van der Waals surface area contributed by atoms with Crippen molar-refractivity contribution in [3.05, 3.63) is 24.4 Å². The van der Waals surface area contributed by atoms with Crippen LogP contribution < -0.4 is 9.47 Å². The Labute approximate surface area is 101 Å². The van der Waals surface area contributed by atoms with Gasteiger partial charge in [0.25, 0.3) is 0 Å².